The molecular formula is C17H26Cl2F3N3O. The summed E-state index contributed by atoms with van der Waals surface area (Å²) >= 11 is 0. The van der Waals surface area contributed by atoms with Crippen LogP contribution < -0.4 is 15.5 Å². The van der Waals surface area contributed by atoms with Crippen molar-refractivity contribution in [2.75, 3.05) is 36.9 Å². The topological polar surface area (TPSA) is 44.4 Å². The van der Waals surface area contributed by atoms with Crippen LogP contribution in [-0.4, -0.2) is 32.6 Å². The Hall–Kier alpha value is -1.18. The molecule has 1 aliphatic rings. The lowest BCUT2D eigenvalue weighted by Crippen LogP contribution is -2.30. The van der Waals surface area contributed by atoms with Crippen LogP contribution in [0, 0.1) is 0 Å². The molecule has 2 N–H and O–H groups in total. The molecular weight excluding hydrogens is 390 g/mol. The Morgan fingerprint density at radius 1 is 1.15 bits per heavy atom. The van der Waals surface area contributed by atoms with Crippen LogP contribution in [-0.2, 0) is 11.0 Å². The summed E-state index contributed by atoms with van der Waals surface area (Å²) in [6.07, 6.45) is -0.362. The molecule has 150 valence electrons. The van der Waals surface area contributed by atoms with E-state index in [0.29, 0.717) is 18.7 Å². The number of carbonyl (C=O) groups is 1. The number of anilines is 2. The van der Waals surface area contributed by atoms with Gasteiger partial charge in [-0.15, -0.1) is 24.8 Å². The molecule has 26 heavy (non-hydrogen) atoms. The van der Waals surface area contributed by atoms with Crippen molar-refractivity contribution in [3.63, 3.8) is 0 Å². The maximum Gasteiger partial charge on any atom is 0.416 e. The van der Waals surface area contributed by atoms with Gasteiger partial charge in [0.2, 0.25) is 5.91 Å². The SMILES string of the molecule is CNCCCC(=O)Nc1cc(C(F)(F)F)ccc1N1CCCCC1.Cl.Cl. The molecule has 0 aromatic heterocycles. The van der Waals surface area contributed by atoms with Crippen LogP contribution in [0.1, 0.15) is 37.7 Å². The first-order chi connectivity index (χ1) is 11.4. The van der Waals surface area contributed by atoms with Crippen molar-refractivity contribution < 1.29 is 18.0 Å². The van der Waals surface area contributed by atoms with E-state index in [0.717, 1.165) is 44.5 Å². The predicted molar refractivity (Wildman–Crippen MR) is 104 cm³/mol. The highest BCUT2D eigenvalue weighted by molar-refractivity contribution is 5.94. The van der Waals surface area contributed by atoms with E-state index in [2.05, 4.69) is 10.6 Å². The summed E-state index contributed by atoms with van der Waals surface area (Å²) in [5.74, 6) is -0.261. The third-order valence-electron chi connectivity index (χ3n) is 4.13. The van der Waals surface area contributed by atoms with Crippen molar-refractivity contribution in [3.8, 4) is 0 Å². The number of nitrogens with one attached hydrogen (secondary N) is 2. The summed E-state index contributed by atoms with van der Waals surface area (Å²) in [7, 11) is 1.79. The molecule has 1 aromatic carbocycles. The average molecular weight is 416 g/mol. The first kappa shape index (κ1) is 24.8. The van der Waals surface area contributed by atoms with Crippen LogP contribution in [0.2, 0.25) is 0 Å². The van der Waals surface area contributed by atoms with Gasteiger partial charge in [-0.25, -0.2) is 0 Å². The number of benzene rings is 1. The molecule has 4 nitrogen and oxygen atoms in total. The smallest absolute Gasteiger partial charge is 0.370 e. The van der Waals surface area contributed by atoms with E-state index in [9.17, 15) is 18.0 Å². The molecule has 0 radical (unpaired) electrons. The predicted octanol–water partition coefficient (Wildman–Crippen LogP) is 4.48. The molecule has 0 aliphatic carbocycles. The molecule has 0 atom stereocenters. The van der Waals surface area contributed by atoms with Gasteiger partial charge in [-0.3, -0.25) is 4.79 Å². The van der Waals surface area contributed by atoms with Gasteiger partial charge in [0, 0.05) is 19.5 Å². The second kappa shape index (κ2) is 11.5. The quantitative estimate of drug-likeness (QED) is 0.673. The van der Waals surface area contributed by atoms with E-state index in [4.69, 9.17) is 0 Å². The lowest BCUT2D eigenvalue weighted by atomic mass is 10.1. The van der Waals surface area contributed by atoms with Crippen molar-refractivity contribution in [3.05, 3.63) is 23.8 Å². The third kappa shape index (κ3) is 7.21. The van der Waals surface area contributed by atoms with Gasteiger partial charge in [0.15, 0.2) is 0 Å². The zero-order valence-corrected chi connectivity index (χ0v) is 16.3. The number of rotatable bonds is 6. The highest BCUT2D eigenvalue weighted by Crippen LogP contribution is 2.36. The van der Waals surface area contributed by atoms with E-state index < -0.39 is 11.7 Å². The minimum absolute atomic E-state index is 0. The van der Waals surface area contributed by atoms with Gasteiger partial charge in [-0.05, 0) is 57.5 Å². The Kier molecular flexibility index (Phi) is 11.0. The maximum absolute atomic E-state index is 13.0. The molecule has 2 rings (SSSR count). The van der Waals surface area contributed by atoms with Gasteiger partial charge < -0.3 is 15.5 Å². The van der Waals surface area contributed by atoms with Crippen molar-refractivity contribution in [1.29, 1.82) is 0 Å². The Morgan fingerprint density at radius 2 is 1.81 bits per heavy atom. The van der Waals surface area contributed by atoms with Gasteiger partial charge in [0.25, 0.3) is 0 Å². The van der Waals surface area contributed by atoms with Gasteiger partial charge in [-0.2, -0.15) is 13.2 Å². The Labute approximate surface area is 164 Å². The van der Waals surface area contributed by atoms with Crippen LogP contribution in [0.4, 0.5) is 24.5 Å². The molecule has 0 unspecified atom stereocenters. The summed E-state index contributed by atoms with van der Waals surface area (Å²) in [6.45, 7) is 2.29. The van der Waals surface area contributed by atoms with Gasteiger partial charge in [0.05, 0.1) is 16.9 Å². The summed E-state index contributed by atoms with van der Waals surface area (Å²) in [6, 6.07) is 3.60. The van der Waals surface area contributed by atoms with E-state index in [-0.39, 0.29) is 42.8 Å². The highest BCUT2D eigenvalue weighted by Gasteiger charge is 2.31. The molecule has 1 aliphatic heterocycles. The second-order valence-corrected chi connectivity index (χ2v) is 6.03. The normalized spacial score (nSPS) is 14.2. The van der Waals surface area contributed by atoms with Gasteiger partial charge in [-0.1, -0.05) is 0 Å². The average Bonchev–Trinajstić information content (AvgIpc) is 2.55. The van der Waals surface area contributed by atoms with Crippen molar-refractivity contribution >= 4 is 42.1 Å². The van der Waals surface area contributed by atoms with E-state index in [1.165, 1.54) is 6.07 Å². The van der Waals surface area contributed by atoms with Crippen molar-refractivity contribution in [2.45, 2.75) is 38.3 Å². The minimum Gasteiger partial charge on any atom is -0.370 e. The molecule has 0 spiro atoms. The number of hydrogen-bond donors (Lipinski definition) is 2. The lowest BCUT2D eigenvalue weighted by Gasteiger charge is -2.31. The summed E-state index contributed by atoms with van der Waals surface area (Å²) in [4.78, 5) is 14.1. The molecule has 1 heterocycles. The second-order valence-electron chi connectivity index (χ2n) is 6.03. The number of nitrogens with zero attached hydrogens (tertiary/aromatic N) is 1. The largest absolute Gasteiger partial charge is 0.416 e. The number of amides is 1. The monoisotopic (exact) mass is 415 g/mol. The minimum atomic E-state index is -4.42. The molecule has 0 bridgehead atoms. The number of hydrogen-bond acceptors (Lipinski definition) is 3. The Morgan fingerprint density at radius 3 is 2.38 bits per heavy atom. The van der Waals surface area contributed by atoms with Crippen LogP contribution in [0.25, 0.3) is 0 Å². The number of halogens is 5. The summed E-state index contributed by atoms with van der Waals surface area (Å²) < 4.78 is 39.0. The molecule has 1 aromatic rings. The summed E-state index contributed by atoms with van der Waals surface area (Å²) in [5.41, 5.74) is 0.180. The van der Waals surface area contributed by atoms with Gasteiger partial charge in [0.1, 0.15) is 0 Å². The zero-order valence-electron chi connectivity index (χ0n) is 14.7. The fourth-order valence-electron chi connectivity index (χ4n) is 2.86. The fourth-order valence-corrected chi connectivity index (χ4v) is 2.86. The maximum atomic E-state index is 13.0. The molecule has 1 fully saturated rings. The number of carbonyl (C=O) groups excluding carboxylic acids is 1. The molecule has 9 heteroatoms. The zero-order chi connectivity index (χ0) is 17.6. The standard InChI is InChI=1S/C17H24F3N3O.2ClH/c1-21-9-5-6-16(24)22-14-12-13(17(18,19)20)7-8-15(14)23-10-3-2-4-11-23;;/h7-8,12,21H,2-6,9-11H2,1H3,(H,22,24);2*1H. The fraction of sp³-hybridized carbons (Fsp3) is 0.588. The van der Waals surface area contributed by atoms with Crippen LogP contribution in [0.3, 0.4) is 0 Å². The molecule has 1 amide bonds. The van der Waals surface area contributed by atoms with E-state index in [1.54, 1.807) is 7.05 Å². The lowest BCUT2D eigenvalue weighted by molar-refractivity contribution is -0.137. The van der Waals surface area contributed by atoms with Crippen LogP contribution >= 0.6 is 24.8 Å². The highest BCUT2D eigenvalue weighted by atomic mass is 35.5. The molecule has 1 saturated heterocycles. The van der Waals surface area contributed by atoms with Crippen LogP contribution in [0.5, 0.6) is 0 Å². The van der Waals surface area contributed by atoms with Crippen LogP contribution in [0.15, 0.2) is 18.2 Å². The van der Waals surface area contributed by atoms with Crippen molar-refractivity contribution in [2.24, 2.45) is 0 Å². The first-order valence-corrected chi connectivity index (χ1v) is 8.32. The first-order valence-electron chi connectivity index (χ1n) is 8.32. The Balaban J connectivity index is 0.00000312. The third-order valence-corrected chi connectivity index (χ3v) is 4.13. The Bertz CT molecular complexity index is 565. The molecule has 0 saturated carbocycles. The van der Waals surface area contributed by atoms with E-state index >= 15 is 0 Å². The summed E-state index contributed by atoms with van der Waals surface area (Å²) in [5, 5.41) is 5.61. The van der Waals surface area contributed by atoms with Crippen molar-refractivity contribution in [1.82, 2.24) is 5.32 Å². The van der Waals surface area contributed by atoms with E-state index in [1.807, 2.05) is 4.90 Å². The van der Waals surface area contributed by atoms with Gasteiger partial charge >= 0.3 is 6.18 Å². The number of piperidine rings is 1. The number of alkyl halides is 3.